The predicted molar refractivity (Wildman–Crippen MR) is 92.3 cm³/mol. The highest BCUT2D eigenvalue weighted by Crippen LogP contribution is 2.22. The topological polar surface area (TPSA) is 47.6 Å². The zero-order valence-corrected chi connectivity index (χ0v) is 14.2. The van der Waals surface area contributed by atoms with E-state index in [4.69, 9.17) is 21.1 Å². The largest absolute Gasteiger partial charge is 0.496 e. The van der Waals surface area contributed by atoms with Crippen LogP contribution in [-0.2, 0) is 11.3 Å². The maximum absolute atomic E-state index is 12.4. The summed E-state index contributed by atoms with van der Waals surface area (Å²) in [6.07, 6.45) is 0.103. The van der Waals surface area contributed by atoms with Crippen molar-refractivity contribution >= 4 is 23.2 Å². The first-order chi connectivity index (χ1) is 11.0. The predicted octanol–water partition coefficient (Wildman–Crippen LogP) is 4.53. The summed E-state index contributed by atoms with van der Waals surface area (Å²) in [5, 5.41) is 3.46. The van der Waals surface area contributed by atoms with Crippen LogP contribution in [-0.4, -0.2) is 19.1 Å². The van der Waals surface area contributed by atoms with Gasteiger partial charge in [0.1, 0.15) is 5.75 Å². The van der Waals surface area contributed by atoms with Gasteiger partial charge >= 0.3 is 0 Å². The lowest BCUT2D eigenvalue weighted by atomic mass is 10.1. The molecular weight excluding hydrogens is 314 g/mol. The molecule has 0 aliphatic carbocycles. The van der Waals surface area contributed by atoms with E-state index in [0.717, 1.165) is 5.56 Å². The molecule has 0 bridgehead atoms. The molecule has 2 aromatic rings. The van der Waals surface area contributed by atoms with Gasteiger partial charge in [-0.15, -0.1) is 0 Å². The van der Waals surface area contributed by atoms with Crippen molar-refractivity contribution in [2.45, 2.75) is 26.6 Å². The Morgan fingerprint density at radius 1 is 1.17 bits per heavy atom. The van der Waals surface area contributed by atoms with Gasteiger partial charge in [0, 0.05) is 21.8 Å². The fourth-order valence-corrected chi connectivity index (χ4v) is 2.15. The molecule has 0 fully saturated rings. The monoisotopic (exact) mass is 333 g/mol. The summed E-state index contributed by atoms with van der Waals surface area (Å²) in [6, 6.07) is 12.3. The van der Waals surface area contributed by atoms with E-state index in [9.17, 15) is 4.79 Å². The number of amides is 1. The Kier molecular flexibility index (Phi) is 6.02. The van der Waals surface area contributed by atoms with Gasteiger partial charge in [0.2, 0.25) is 0 Å². The number of rotatable bonds is 6. The highest BCUT2D eigenvalue weighted by Gasteiger charge is 2.11. The molecule has 0 radical (unpaired) electrons. The molecule has 5 heteroatoms. The van der Waals surface area contributed by atoms with E-state index in [1.165, 1.54) is 0 Å². The third-order valence-corrected chi connectivity index (χ3v) is 3.47. The summed E-state index contributed by atoms with van der Waals surface area (Å²) in [5.41, 5.74) is 2.07. The number of anilines is 1. The normalized spacial score (nSPS) is 10.7. The van der Waals surface area contributed by atoms with Crippen LogP contribution in [0.4, 0.5) is 5.69 Å². The van der Waals surface area contributed by atoms with Crippen molar-refractivity contribution in [3.63, 3.8) is 0 Å². The van der Waals surface area contributed by atoms with Gasteiger partial charge < -0.3 is 14.8 Å². The molecule has 0 aromatic heterocycles. The highest BCUT2D eigenvalue weighted by atomic mass is 35.5. The second-order valence-corrected chi connectivity index (χ2v) is 5.78. The maximum atomic E-state index is 12.4. The molecule has 0 unspecified atom stereocenters. The van der Waals surface area contributed by atoms with Crippen LogP contribution in [0.1, 0.15) is 29.8 Å². The Bertz CT molecular complexity index is 668. The van der Waals surface area contributed by atoms with Crippen LogP contribution in [0.2, 0.25) is 5.02 Å². The molecule has 23 heavy (non-hydrogen) atoms. The Morgan fingerprint density at radius 3 is 2.48 bits per heavy atom. The lowest BCUT2D eigenvalue weighted by Crippen LogP contribution is -2.13. The van der Waals surface area contributed by atoms with Gasteiger partial charge in [-0.3, -0.25) is 4.79 Å². The average Bonchev–Trinajstić information content (AvgIpc) is 2.54. The molecule has 4 nitrogen and oxygen atoms in total. The van der Waals surface area contributed by atoms with Crippen molar-refractivity contribution in [1.82, 2.24) is 0 Å². The fraction of sp³-hybridized carbons (Fsp3) is 0.278. The minimum Gasteiger partial charge on any atom is -0.496 e. The minimum atomic E-state index is -0.194. The van der Waals surface area contributed by atoms with E-state index in [-0.39, 0.29) is 12.0 Å². The summed E-state index contributed by atoms with van der Waals surface area (Å²) in [5.74, 6) is 0.509. The van der Waals surface area contributed by atoms with Crippen molar-refractivity contribution in [3.05, 3.63) is 58.6 Å². The van der Waals surface area contributed by atoms with Crippen molar-refractivity contribution in [1.29, 1.82) is 0 Å². The third-order valence-electron chi connectivity index (χ3n) is 3.22. The van der Waals surface area contributed by atoms with Crippen LogP contribution in [0.5, 0.6) is 5.75 Å². The number of ether oxygens (including phenoxy) is 2. The van der Waals surface area contributed by atoms with E-state index < -0.39 is 0 Å². The van der Waals surface area contributed by atoms with E-state index in [0.29, 0.717) is 28.6 Å². The molecule has 2 rings (SSSR count). The van der Waals surface area contributed by atoms with Crippen LogP contribution >= 0.6 is 11.6 Å². The van der Waals surface area contributed by atoms with Crippen molar-refractivity contribution in [2.24, 2.45) is 0 Å². The minimum absolute atomic E-state index is 0.103. The Labute approximate surface area is 141 Å². The molecule has 122 valence electrons. The maximum Gasteiger partial charge on any atom is 0.255 e. The van der Waals surface area contributed by atoms with E-state index in [1.54, 1.807) is 49.6 Å². The van der Waals surface area contributed by atoms with Gasteiger partial charge in [-0.05, 0) is 56.3 Å². The zero-order chi connectivity index (χ0) is 16.8. The molecule has 0 heterocycles. The molecule has 1 amide bonds. The SMILES string of the molecule is COc1ccc(C(=O)Nc2ccc(Cl)cc2)cc1COC(C)C. The summed E-state index contributed by atoms with van der Waals surface area (Å²) in [4.78, 5) is 12.4. The molecule has 0 aliphatic rings. The van der Waals surface area contributed by atoms with Gasteiger partial charge in [0.15, 0.2) is 0 Å². The van der Waals surface area contributed by atoms with Crippen LogP contribution in [0, 0.1) is 0 Å². The lowest BCUT2D eigenvalue weighted by Gasteiger charge is -2.13. The lowest BCUT2D eigenvalue weighted by molar-refractivity contribution is 0.0644. The second kappa shape index (κ2) is 7.99. The van der Waals surface area contributed by atoms with Crippen LogP contribution in [0.3, 0.4) is 0 Å². The number of benzene rings is 2. The molecular formula is C18H20ClNO3. The first-order valence-electron chi connectivity index (χ1n) is 7.35. The third kappa shape index (κ3) is 4.98. The van der Waals surface area contributed by atoms with Gasteiger partial charge in [-0.1, -0.05) is 11.6 Å². The molecule has 0 aliphatic heterocycles. The number of hydrogen-bond donors (Lipinski definition) is 1. The molecule has 1 N–H and O–H groups in total. The Hall–Kier alpha value is -2.04. The molecule has 0 saturated heterocycles. The Morgan fingerprint density at radius 2 is 1.87 bits per heavy atom. The Balaban J connectivity index is 2.16. The van der Waals surface area contributed by atoms with Gasteiger partial charge in [-0.25, -0.2) is 0 Å². The summed E-state index contributed by atoms with van der Waals surface area (Å²) >= 11 is 5.84. The zero-order valence-electron chi connectivity index (χ0n) is 13.4. The van der Waals surface area contributed by atoms with Gasteiger partial charge in [-0.2, -0.15) is 0 Å². The molecule has 0 saturated carbocycles. The average molecular weight is 334 g/mol. The first kappa shape index (κ1) is 17.3. The van der Waals surface area contributed by atoms with Gasteiger partial charge in [0.25, 0.3) is 5.91 Å². The van der Waals surface area contributed by atoms with Crippen LogP contribution in [0.15, 0.2) is 42.5 Å². The fourth-order valence-electron chi connectivity index (χ4n) is 2.03. The van der Waals surface area contributed by atoms with E-state index >= 15 is 0 Å². The number of methoxy groups -OCH3 is 1. The quantitative estimate of drug-likeness (QED) is 0.845. The van der Waals surface area contributed by atoms with Gasteiger partial charge in [0.05, 0.1) is 19.8 Å². The summed E-state index contributed by atoms with van der Waals surface area (Å²) in [7, 11) is 1.60. The van der Waals surface area contributed by atoms with E-state index in [2.05, 4.69) is 5.32 Å². The number of carbonyl (C=O) groups is 1. The number of nitrogens with one attached hydrogen (secondary N) is 1. The second-order valence-electron chi connectivity index (χ2n) is 5.35. The standard InChI is InChI=1S/C18H20ClNO3/c1-12(2)23-11-14-10-13(4-9-17(14)22-3)18(21)20-16-7-5-15(19)6-8-16/h4-10,12H,11H2,1-3H3,(H,20,21). The smallest absolute Gasteiger partial charge is 0.255 e. The van der Waals surface area contributed by atoms with E-state index in [1.807, 2.05) is 13.8 Å². The molecule has 2 aromatic carbocycles. The van der Waals surface area contributed by atoms with Crippen molar-refractivity contribution in [2.75, 3.05) is 12.4 Å². The van der Waals surface area contributed by atoms with Crippen molar-refractivity contribution in [3.8, 4) is 5.75 Å². The first-order valence-corrected chi connectivity index (χ1v) is 7.73. The number of halogens is 1. The van der Waals surface area contributed by atoms with Crippen LogP contribution < -0.4 is 10.1 Å². The van der Waals surface area contributed by atoms with Crippen molar-refractivity contribution < 1.29 is 14.3 Å². The highest BCUT2D eigenvalue weighted by molar-refractivity contribution is 6.30. The molecule has 0 spiro atoms. The summed E-state index contributed by atoms with van der Waals surface area (Å²) in [6.45, 7) is 4.32. The number of hydrogen-bond acceptors (Lipinski definition) is 3. The summed E-state index contributed by atoms with van der Waals surface area (Å²) < 4.78 is 10.9. The van der Waals surface area contributed by atoms with Crippen LogP contribution in [0.25, 0.3) is 0 Å². The molecule has 0 atom stereocenters. The number of carbonyl (C=O) groups excluding carboxylic acids is 1.